The van der Waals surface area contributed by atoms with Crippen LogP contribution >= 0.6 is 0 Å². The second-order valence-corrected chi connectivity index (χ2v) is 3.84. The summed E-state index contributed by atoms with van der Waals surface area (Å²) in [6.07, 6.45) is -0.161. The van der Waals surface area contributed by atoms with Crippen molar-refractivity contribution in [1.82, 2.24) is 0 Å². The molecule has 2 rings (SSSR count). The van der Waals surface area contributed by atoms with Gasteiger partial charge in [0.15, 0.2) is 0 Å². The molecule has 96 valence electrons. The summed E-state index contributed by atoms with van der Waals surface area (Å²) in [5, 5.41) is 0. The molecular formula is C12H10F4N2. The number of hydrogen-bond donors (Lipinski definition) is 0. The van der Waals surface area contributed by atoms with Crippen molar-refractivity contribution >= 4 is 11.9 Å². The Balaban J connectivity index is 2.36. The highest BCUT2D eigenvalue weighted by Crippen LogP contribution is 2.33. The standard InChI is InChI=1S/C12H10F4N2/c1-8-17-5-2-6-18(8)11-4-3-9(7-10(11)13)12(14,15)16/h2-8H,1H3. The maximum atomic E-state index is 13.7. The number of aliphatic imine (C=N–C) groups is 1. The van der Waals surface area contributed by atoms with Crippen LogP contribution in [0.2, 0.25) is 0 Å². The average Bonchev–Trinajstić information content (AvgIpc) is 2.29. The lowest BCUT2D eigenvalue weighted by molar-refractivity contribution is -0.137. The highest BCUT2D eigenvalue weighted by atomic mass is 19.4. The van der Waals surface area contributed by atoms with Gasteiger partial charge in [-0.2, -0.15) is 13.2 Å². The van der Waals surface area contributed by atoms with Gasteiger partial charge in [0.05, 0.1) is 11.3 Å². The van der Waals surface area contributed by atoms with Crippen LogP contribution in [0.15, 0.2) is 35.5 Å². The summed E-state index contributed by atoms with van der Waals surface area (Å²) in [4.78, 5) is 5.49. The Bertz CT molecular complexity index is 505. The molecule has 1 aromatic rings. The molecule has 1 aliphatic heterocycles. The minimum atomic E-state index is -4.54. The molecule has 1 aromatic carbocycles. The first-order valence-electron chi connectivity index (χ1n) is 5.24. The summed E-state index contributed by atoms with van der Waals surface area (Å²) < 4.78 is 50.9. The van der Waals surface area contributed by atoms with Gasteiger partial charge in [0.25, 0.3) is 0 Å². The third-order valence-electron chi connectivity index (χ3n) is 2.59. The van der Waals surface area contributed by atoms with E-state index in [2.05, 4.69) is 4.99 Å². The third kappa shape index (κ3) is 2.37. The van der Waals surface area contributed by atoms with E-state index in [9.17, 15) is 17.6 Å². The number of alkyl halides is 3. The van der Waals surface area contributed by atoms with Gasteiger partial charge in [-0.3, -0.25) is 4.99 Å². The normalized spacial score (nSPS) is 19.4. The van der Waals surface area contributed by atoms with Crippen molar-refractivity contribution in [2.24, 2.45) is 4.99 Å². The molecular weight excluding hydrogens is 248 g/mol. The van der Waals surface area contributed by atoms with E-state index < -0.39 is 17.6 Å². The number of halogens is 4. The Labute approximate surface area is 101 Å². The Morgan fingerprint density at radius 1 is 1.28 bits per heavy atom. The Morgan fingerprint density at radius 2 is 2.00 bits per heavy atom. The number of anilines is 1. The summed E-state index contributed by atoms with van der Waals surface area (Å²) in [6, 6.07) is 2.46. The van der Waals surface area contributed by atoms with Crippen molar-refractivity contribution < 1.29 is 17.6 Å². The fourth-order valence-electron chi connectivity index (χ4n) is 1.68. The monoisotopic (exact) mass is 258 g/mol. The van der Waals surface area contributed by atoms with Gasteiger partial charge in [-0.1, -0.05) is 0 Å². The van der Waals surface area contributed by atoms with Crippen LogP contribution in [0.1, 0.15) is 12.5 Å². The molecule has 0 saturated heterocycles. The van der Waals surface area contributed by atoms with Gasteiger partial charge < -0.3 is 4.90 Å². The quantitative estimate of drug-likeness (QED) is 0.703. The van der Waals surface area contributed by atoms with Crippen molar-refractivity contribution in [3.8, 4) is 0 Å². The highest BCUT2D eigenvalue weighted by Gasteiger charge is 2.31. The van der Waals surface area contributed by atoms with Crippen LogP contribution in [-0.2, 0) is 6.18 Å². The molecule has 2 nitrogen and oxygen atoms in total. The Hall–Kier alpha value is -1.85. The summed E-state index contributed by atoms with van der Waals surface area (Å²) in [7, 11) is 0. The van der Waals surface area contributed by atoms with E-state index in [0.29, 0.717) is 6.07 Å². The molecule has 18 heavy (non-hydrogen) atoms. The molecule has 0 aromatic heterocycles. The molecule has 0 radical (unpaired) electrons. The van der Waals surface area contributed by atoms with Crippen molar-refractivity contribution in [2.45, 2.75) is 19.3 Å². The fraction of sp³-hybridized carbons (Fsp3) is 0.250. The summed E-state index contributed by atoms with van der Waals surface area (Å²) in [5.41, 5.74) is -0.926. The molecule has 0 saturated carbocycles. The minimum Gasteiger partial charge on any atom is -0.323 e. The van der Waals surface area contributed by atoms with Gasteiger partial charge in [0, 0.05) is 12.4 Å². The van der Waals surface area contributed by atoms with E-state index in [4.69, 9.17) is 0 Å². The second-order valence-electron chi connectivity index (χ2n) is 3.84. The highest BCUT2D eigenvalue weighted by molar-refractivity contribution is 5.74. The molecule has 0 N–H and O–H groups in total. The lowest BCUT2D eigenvalue weighted by atomic mass is 10.1. The molecule has 0 spiro atoms. The summed E-state index contributed by atoms with van der Waals surface area (Å²) >= 11 is 0. The molecule has 6 heteroatoms. The maximum Gasteiger partial charge on any atom is 0.416 e. The van der Waals surface area contributed by atoms with Crippen LogP contribution in [0.3, 0.4) is 0 Å². The first-order valence-corrected chi connectivity index (χ1v) is 5.24. The summed E-state index contributed by atoms with van der Waals surface area (Å²) in [5.74, 6) is -0.918. The predicted molar refractivity (Wildman–Crippen MR) is 61.0 cm³/mol. The van der Waals surface area contributed by atoms with Gasteiger partial charge in [-0.05, 0) is 31.2 Å². The van der Waals surface area contributed by atoms with Crippen LogP contribution in [0.4, 0.5) is 23.2 Å². The molecule has 0 amide bonds. The van der Waals surface area contributed by atoms with E-state index in [1.165, 1.54) is 4.90 Å². The van der Waals surface area contributed by atoms with E-state index >= 15 is 0 Å². The van der Waals surface area contributed by atoms with Crippen LogP contribution < -0.4 is 4.90 Å². The number of nitrogens with zero attached hydrogens (tertiary/aromatic N) is 2. The van der Waals surface area contributed by atoms with Gasteiger partial charge in [0.1, 0.15) is 12.0 Å². The van der Waals surface area contributed by atoms with Gasteiger partial charge >= 0.3 is 6.18 Å². The predicted octanol–water partition coefficient (Wildman–Crippen LogP) is 3.60. The van der Waals surface area contributed by atoms with E-state index in [-0.39, 0.29) is 11.9 Å². The second kappa shape index (κ2) is 4.44. The molecule has 0 fully saturated rings. The first kappa shape index (κ1) is 12.6. The zero-order valence-electron chi connectivity index (χ0n) is 9.45. The Morgan fingerprint density at radius 3 is 2.56 bits per heavy atom. The molecule has 1 atom stereocenters. The lowest BCUT2D eigenvalue weighted by Crippen LogP contribution is -2.29. The third-order valence-corrected chi connectivity index (χ3v) is 2.59. The topological polar surface area (TPSA) is 15.6 Å². The van der Waals surface area contributed by atoms with E-state index in [1.54, 1.807) is 25.4 Å². The smallest absolute Gasteiger partial charge is 0.323 e. The molecule has 1 aliphatic rings. The fourth-order valence-corrected chi connectivity index (χ4v) is 1.68. The molecule has 1 unspecified atom stereocenters. The first-order chi connectivity index (χ1) is 8.39. The SMILES string of the molecule is CC1N=CC=CN1c1ccc(C(F)(F)F)cc1F. The van der Waals surface area contributed by atoms with Crippen molar-refractivity contribution in [3.63, 3.8) is 0 Å². The zero-order chi connectivity index (χ0) is 13.3. The number of benzene rings is 1. The number of hydrogen-bond acceptors (Lipinski definition) is 2. The number of allylic oxidation sites excluding steroid dienone is 1. The van der Waals surface area contributed by atoms with Gasteiger partial charge in [-0.25, -0.2) is 4.39 Å². The lowest BCUT2D eigenvalue weighted by Gasteiger charge is -2.27. The van der Waals surface area contributed by atoms with Crippen LogP contribution in [0, 0.1) is 5.82 Å². The van der Waals surface area contributed by atoms with E-state index in [0.717, 1.165) is 12.1 Å². The number of rotatable bonds is 1. The molecule has 1 heterocycles. The van der Waals surface area contributed by atoms with Crippen molar-refractivity contribution in [1.29, 1.82) is 0 Å². The largest absolute Gasteiger partial charge is 0.416 e. The zero-order valence-corrected chi connectivity index (χ0v) is 9.45. The molecule has 0 aliphatic carbocycles. The average molecular weight is 258 g/mol. The van der Waals surface area contributed by atoms with Crippen LogP contribution in [0.25, 0.3) is 0 Å². The molecule has 0 bridgehead atoms. The van der Waals surface area contributed by atoms with Crippen LogP contribution in [0.5, 0.6) is 0 Å². The van der Waals surface area contributed by atoms with Crippen LogP contribution in [-0.4, -0.2) is 12.4 Å². The van der Waals surface area contributed by atoms with Gasteiger partial charge in [0.2, 0.25) is 0 Å². The minimum absolute atomic E-state index is 0.0728. The van der Waals surface area contributed by atoms with E-state index in [1.807, 2.05) is 0 Å². The summed E-state index contributed by atoms with van der Waals surface area (Å²) in [6.45, 7) is 1.72. The van der Waals surface area contributed by atoms with Gasteiger partial charge in [-0.15, -0.1) is 0 Å². The Kier molecular flexibility index (Phi) is 3.11. The maximum absolute atomic E-state index is 13.7. The van der Waals surface area contributed by atoms with Crippen molar-refractivity contribution in [3.05, 3.63) is 41.9 Å². The van der Waals surface area contributed by atoms with Crippen molar-refractivity contribution in [2.75, 3.05) is 4.90 Å².